The molecule has 94 valence electrons. The normalized spacial score (nSPS) is 10.4. The van der Waals surface area contributed by atoms with E-state index in [0.29, 0.717) is 10.8 Å². The molecule has 0 radical (unpaired) electrons. The number of nitrogens with two attached hydrogens (primary N) is 2. The minimum absolute atomic E-state index is 0.00969. The molecule has 0 saturated heterocycles. The summed E-state index contributed by atoms with van der Waals surface area (Å²) in [6.45, 7) is 0. The lowest BCUT2D eigenvalue weighted by Crippen LogP contribution is -2.10. The zero-order valence-electron chi connectivity index (χ0n) is 9.02. The maximum absolute atomic E-state index is 13.4. The Kier molecular flexibility index (Phi) is 3.58. The van der Waals surface area contributed by atoms with E-state index >= 15 is 0 Å². The number of hydrazine groups is 1. The molecular weight excluding hydrogens is 260 g/mol. The van der Waals surface area contributed by atoms with Crippen molar-refractivity contribution in [3.05, 3.63) is 35.9 Å². The van der Waals surface area contributed by atoms with Crippen LogP contribution in [0, 0.1) is 11.6 Å². The van der Waals surface area contributed by atoms with Gasteiger partial charge < -0.3 is 11.2 Å². The molecule has 0 aliphatic heterocycles. The first-order chi connectivity index (χ1) is 8.58. The predicted octanol–water partition coefficient (Wildman–Crippen LogP) is 1.77. The summed E-state index contributed by atoms with van der Waals surface area (Å²) in [6, 6.07) is 4.79. The predicted molar refractivity (Wildman–Crippen MR) is 64.7 cm³/mol. The molecule has 0 unspecified atom stereocenters. The number of nitrogens with one attached hydrogen (secondary N) is 1. The van der Waals surface area contributed by atoms with Crippen molar-refractivity contribution in [2.75, 3.05) is 11.2 Å². The van der Waals surface area contributed by atoms with Gasteiger partial charge >= 0.3 is 0 Å². The van der Waals surface area contributed by atoms with E-state index in [1.807, 2.05) is 0 Å². The van der Waals surface area contributed by atoms with E-state index in [1.165, 1.54) is 12.1 Å². The minimum Gasteiger partial charge on any atom is -0.368 e. The Bertz CT molecular complexity index is 578. The lowest BCUT2D eigenvalue weighted by molar-refractivity contribution is 0.565. The van der Waals surface area contributed by atoms with E-state index in [2.05, 4.69) is 15.4 Å². The average molecular weight is 269 g/mol. The van der Waals surface area contributed by atoms with Crippen LogP contribution in [0.5, 0.6) is 0 Å². The van der Waals surface area contributed by atoms with Gasteiger partial charge in [0.25, 0.3) is 0 Å². The van der Waals surface area contributed by atoms with Crippen LogP contribution in [0.1, 0.15) is 0 Å². The van der Waals surface area contributed by atoms with Gasteiger partial charge in [-0.3, -0.25) is 0 Å². The summed E-state index contributed by atoms with van der Waals surface area (Å²) >= 11 is 0.998. The highest BCUT2D eigenvalue weighted by Crippen LogP contribution is 2.30. The van der Waals surface area contributed by atoms with Gasteiger partial charge in [0, 0.05) is 17.0 Å². The van der Waals surface area contributed by atoms with Crippen molar-refractivity contribution in [1.29, 1.82) is 0 Å². The Morgan fingerprint density at radius 1 is 1.17 bits per heavy atom. The molecule has 5 N–H and O–H groups in total. The molecule has 0 atom stereocenters. The highest BCUT2D eigenvalue weighted by Gasteiger charge is 2.08. The Hall–Kier alpha value is -1.93. The maximum atomic E-state index is 13.4. The number of rotatable bonds is 3. The van der Waals surface area contributed by atoms with Crippen molar-refractivity contribution in [1.82, 2.24) is 9.97 Å². The van der Waals surface area contributed by atoms with E-state index in [4.69, 9.17) is 11.6 Å². The van der Waals surface area contributed by atoms with E-state index in [-0.39, 0.29) is 10.8 Å². The first-order valence-electron chi connectivity index (χ1n) is 4.82. The van der Waals surface area contributed by atoms with Gasteiger partial charge in [-0.05, 0) is 12.1 Å². The van der Waals surface area contributed by atoms with E-state index in [1.54, 1.807) is 0 Å². The number of nitrogens with zero attached hydrogens (tertiary/aromatic N) is 2. The monoisotopic (exact) mass is 269 g/mol. The third kappa shape index (κ3) is 2.84. The van der Waals surface area contributed by atoms with Gasteiger partial charge in [0.15, 0.2) is 0 Å². The molecule has 0 bridgehead atoms. The fourth-order valence-corrected chi connectivity index (χ4v) is 2.07. The number of hydrogen-bond acceptors (Lipinski definition) is 6. The lowest BCUT2D eigenvalue weighted by atomic mass is 10.3. The van der Waals surface area contributed by atoms with Crippen LogP contribution >= 0.6 is 11.8 Å². The average Bonchev–Trinajstić information content (AvgIpc) is 2.32. The van der Waals surface area contributed by atoms with Gasteiger partial charge in [-0.25, -0.2) is 19.6 Å². The van der Waals surface area contributed by atoms with Gasteiger partial charge in [0.2, 0.25) is 5.95 Å². The number of anilines is 2. The largest absolute Gasteiger partial charge is 0.368 e. The van der Waals surface area contributed by atoms with Gasteiger partial charge in [-0.1, -0.05) is 11.8 Å². The van der Waals surface area contributed by atoms with Crippen LogP contribution in [0.3, 0.4) is 0 Å². The third-order valence-electron chi connectivity index (χ3n) is 1.98. The van der Waals surface area contributed by atoms with Crippen LogP contribution in [0.15, 0.2) is 34.2 Å². The maximum Gasteiger partial charge on any atom is 0.223 e. The number of nitrogen functional groups attached to an aromatic ring is 2. The summed E-state index contributed by atoms with van der Waals surface area (Å²) in [4.78, 5) is 7.94. The standard InChI is InChI=1S/C10H9F2N5S/c11-5-1-2-7(6(12)3-5)18-9-4-8(17-14)15-10(13)16-9/h1-4H,14H2,(H3,13,15,16,17). The first-order valence-corrected chi connectivity index (χ1v) is 5.64. The fourth-order valence-electron chi connectivity index (χ4n) is 1.24. The lowest BCUT2D eigenvalue weighted by Gasteiger charge is -2.05. The minimum atomic E-state index is -0.667. The van der Waals surface area contributed by atoms with Gasteiger partial charge in [0.1, 0.15) is 22.5 Å². The summed E-state index contributed by atoms with van der Waals surface area (Å²) in [6.07, 6.45) is 0. The molecule has 0 aliphatic rings. The summed E-state index contributed by atoms with van der Waals surface area (Å²) < 4.78 is 26.2. The van der Waals surface area contributed by atoms with E-state index in [9.17, 15) is 8.78 Å². The van der Waals surface area contributed by atoms with Gasteiger partial charge in [0.05, 0.1) is 0 Å². The summed E-state index contributed by atoms with van der Waals surface area (Å²) in [5.74, 6) is 4.22. The van der Waals surface area contributed by atoms with Crippen LogP contribution in [-0.2, 0) is 0 Å². The van der Waals surface area contributed by atoms with Crippen LogP contribution in [0.4, 0.5) is 20.5 Å². The molecule has 5 nitrogen and oxygen atoms in total. The Balaban J connectivity index is 2.30. The van der Waals surface area contributed by atoms with Crippen molar-refractivity contribution in [2.24, 2.45) is 5.84 Å². The van der Waals surface area contributed by atoms with Crippen molar-refractivity contribution in [3.63, 3.8) is 0 Å². The molecule has 8 heteroatoms. The molecule has 2 aromatic rings. The first kappa shape index (κ1) is 12.5. The number of benzene rings is 1. The van der Waals surface area contributed by atoms with Crippen molar-refractivity contribution >= 4 is 23.5 Å². The molecule has 0 spiro atoms. The molecular formula is C10H9F2N5S. The third-order valence-corrected chi connectivity index (χ3v) is 2.95. The molecule has 1 heterocycles. The highest BCUT2D eigenvalue weighted by atomic mass is 32.2. The van der Waals surface area contributed by atoms with Crippen LogP contribution in [0.2, 0.25) is 0 Å². The fraction of sp³-hybridized carbons (Fsp3) is 0. The van der Waals surface area contributed by atoms with E-state index < -0.39 is 11.6 Å². The van der Waals surface area contributed by atoms with Gasteiger partial charge in [-0.2, -0.15) is 4.98 Å². The quantitative estimate of drug-likeness (QED) is 0.447. The molecule has 18 heavy (non-hydrogen) atoms. The van der Waals surface area contributed by atoms with Crippen LogP contribution in [0.25, 0.3) is 0 Å². The molecule has 0 fully saturated rings. The summed E-state index contributed by atoms with van der Waals surface area (Å²) in [5, 5.41) is 0.404. The Morgan fingerprint density at radius 3 is 2.61 bits per heavy atom. The SMILES string of the molecule is NNc1cc(Sc2ccc(F)cc2F)nc(N)n1. The van der Waals surface area contributed by atoms with Gasteiger partial charge in [-0.15, -0.1) is 0 Å². The van der Waals surface area contributed by atoms with Crippen LogP contribution in [-0.4, -0.2) is 9.97 Å². The topological polar surface area (TPSA) is 89.8 Å². The van der Waals surface area contributed by atoms with Crippen molar-refractivity contribution < 1.29 is 8.78 Å². The molecule has 0 saturated carbocycles. The second-order valence-corrected chi connectivity index (χ2v) is 4.33. The summed E-state index contributed by atoms with van der Waals surface area (Å²) in [5.41, 5.74) is 7.79. The molecule has 1 aromatic carbocycles. The Morgan fingerprint density at radius 2 is 1.94 bits per heavy atom. The number of aromatic nitrogens is 2. The molecule has 1 aromatic heterocycles. The number of hydrogen-bond donors (Lipinski definition) is 3. The zero-order chi connectivity index (χ0) is 13.1. The van der Waals surface area contributed by atoms with Crippen molar-refractivity contribution in [3.8, 4) is 0 Å². The smallest absolute Gasteiger partial charge is 0.223 e. The van der Waals surface area contributed by atoms with E-state index in [0.717, 1.165) is 23.9 Å². The van der Waals surface area contributed by atoms with Crippen LogP contribution < -0.4 is 17.0 Å². The highest BCUT2D eigenvalue weighted by molar-refractivity contribution is 7.99. The molecule has 0 aliphatic carbocycles. The second-order valence-electron chi connectivity index (χ2n) is 3.27. The zero-order valence-corrected chi connectivity index (χ0v) is 9.84. The molecule has 0 amide bonds. The number of halogens is 2. The Labute approximate surface area is 106 Å². The summed E-state index contributed by atoms with van der Waals surface area (Å²) in [7, 11) is 0. The molecule has 2 rings (SSSR count). The second kappa shape index (κ2) is 5.15. The van der Waals surface area contributed by atoms with Crippen molar-refractivity contribution in [2.45, 2.75) is 9.92 Å².